The molecular formula is C12H12F3N5O. The Bertz CT molecular complexity index is 637. The molecule has 112 valence electrons. The van der Waals surface area contributed by atoms with Crippen molar-refractivity contribution in [3.05, 3.63) is 24.0 Å². The number of aromatic nitrogens is 4. The highest BCUT2D eigenvalue weighted by molar-refractivity contribution is 5.54. The van der Waals surface area contributed by atoms with Crippen molar-refractivity contribution in [2.45, 2.75) is 24.6 Å². The number of ether oxygens (including phenoxy) is 1. The Kier molecular flexibility index (Phi) is 3.08. The van der Waals surface area contributed by atoms with Crippen molar-refractivity contribution < 1.29 is 17.9 Å². The minimum atomic E-state index is -4.62. The Balaban J connectivity index is 1.91. The van der Waals surface area contributed by atoms with Crippen molar-refractivity contribution in [2.24, 2.45) is 5.73 Å². The second-order valence-electron chi connectivity index (χ2n) is 5.05. The van der Waals surface area contributed by atoms with E-state index < -0.39 is 17.4 Å². The van der Waals surface area contributed by atoms with E-state index in [-0.39, 0.29) is 23.7 Å². The fourth-order valence-electron chi connectivity index (χ4n) is 1.76. The van der Waals surface area contributed by atoms with E-state index in [1.165, 1.54) is 18.3 Å². The molecule has 0 aromatic carbocycles. The summed E-state index contributed by atoms with van der Waals surface area (Å²) in [4.78, 5) is 3.59. The van der Waals surface area contributed by atoms with E-state index in [1.807, 2.05) is 0 Å². The molecule has 0 saturated heterocycles. The predicted octanol–water partition coefficient (Wildman–Crippen LogP) is 1.76. The van der Waals surface area contributed by atoms with Gasteiger partial charge in [-0.1, -0.05) is 0 Å². The molecule has 0 spiro atoms. The standard InChI is InChI=1S/C12H12F3N5O/c13-12(14,15)10-9(21-6-11(16)3-4-11)2-1-7(18-10)8-5-17-20-19-8/h1-2,5H,3-4,6,16H2,(H,17,19,20). The van der Waals surface area contributed by atoms with Crippen LogP contribution < -0.4 is 10.5 Å². The molecular weight excluding hydrogens is 287 g/mol. The zero-order valence-corrected chi connectivity index (χ0v) is 10.8. The molecule has 21 heavy (non-hydrogen) atoms. The number of alkyl halides is 3. The topological polar surface area (TPSA) is 89.7 Å². The van der Waals surface area contributed by atoms with Crippen molar-refractivity contribution >= 4 is 0 Å². The zero-order valence-electron chi connectivity index (χ0n) is 10.8. The molecule has 2 heterocycles. The molecule has 1 aliphatic carbocycles. The number of nitrogens with zero attached hydrogens (tertiary/aromatic N) is 3. The summed E-state index contributed by atoms with van der Waals surface area (Å²) in [6, 6.07) is 2.63. The van der Waals surface area contributed by atoms with E-state index in [9.17, 15) is 13.2 Å². The van der Waals surface area contributed by atoms with Gasteiger partial charge in [-0.2, -0.15) is 28.6 Å². The number of hydrogen-bond acceptors (Lipinski definition) is 5. The molecule has 3 rings (SSSR count). The number of rotatable bonds is 4. The molecule has 1 aliphatic rings. The lowest BCUT2D eigenvalue weighted by Crippen LogP contribution is -2.30. The maximum atomic E-state index is 13.1. The van der Waals surface area contributed by atoms with Crippen LogP contribution in [0.3, 0.4) is 0 Å². The maximum Gasteiger partial charge on any atom is 0.437 e. The summed E-state index contributed by atoms with van der Waals surface area (Å²) in [5.74, 6) is -0.327. The first-order valence-electron chi connectivity index (χ1n) is 6.23. The van der Waals surface area contributed by atoms with Crippen molar-refractivity contribution in [2.75, 3.05) is 6.61 Å². The second kappa shape index (κ2) is 4.69. The van der Waals surface area contributed by atoms with Crippen LogP contribution in [0, 0.1) is 0 Å². The van der Waals surface area contributed by atoms with Gasteiger partial charge in [0.2, 0.25) is 0 Å². The van der Waals surface area contributed by atoms with Crippen LogP contribution in [0.4, 0.5) is 13.2 Å². The lowest BCUT2D eigenvalue weighted by Gasteiger charge is -2.16. The van der Waals surface area contributed by atoms with Gasteiger partial charge in [0, 0.05) is 0 Å². The molecule has 2 aromatic rings. The first-order chi connectivity index (χ1) is 9.87. The third-order valence-corrected chi connectivity index (χ3v) is 3.21. The number of halogens is 3. The van der Waals surface area contributed by atoms with Gasteiger partial charge in [0.1, 0.15) is 18.1 Å². The number of H-pyrrole nitrogens is 1. The largest absolute Gasteiger partial charge is 0.489 e. The number of nitrogens with two attached hydrogens (primary N) is 1. The first kappa shape index (κ1) is 13.8. The minimum absolute atomic E-state index is 0.0427. The summed E-state index contributed by atoms with van der Waals surface area (Å²) in [6.45, 7) is 0.0427. The summed E-state index contributed by atoms with van der Waals surface area (Å²) in [5, 5.41) is 9.58. The molecule has 0 atom stereocenters. The molecule has 3 N–H and O–H groups in total. The third-order valence-electron chi connectivity index (χ3n) is 3.21. The van der Waals surface area contributed by atoms with Gasteiger partial charge >= 0.3 is 6.18 Å². The Morgan fingerprint density at radius 2 is 2.05 bits per heavy atom. The highest BCUT2D eigenvalue weighted by Crippen LogP contribution is 2.38. The Hall–Kier alpha value is -2.16. The molecule has 6 nitrogen and oxygen atoms in total. The highest BCUT2D eigenvalue weighted by atomic mass is 19.4. The van der Waals surface area contributed by atoms with Gasteiger partial charge in [-0.3, -0.25) is 0 Å². The Labute approximate surface area is 117 Å². The van der Waals surface area contributed by atoms with Crippen molar-refractivity contribution in [3.63, 3.8) is 0 Å². The summed E-state index contributed by atoms with van der Waals surface area (Å²) >= 11 is 0. The molecule has 0 bridgehead atoms. The van der Waals surface area contributed by atoms with Crippen LogP contribution in [0.2, 0.25) is 0 Å². The lowest BCUT2D eigenvalue weighted by atomic mass is 10.2. The van der Waals surface area contributed by atoms with Crippen molar-refractivity contribution in [1.29, 1.82) is 0 Å². The van der Waals surface area contributed by atoms with E-state index >= 15 is 0 Å². The first-order valence-corrected chi connectivity index (χ1v) is 6.23. The van der Waals surface area contributed by atoms with Crippen LogP contribution in [-0.2, 0) is 6.18 Å². The smallest absolute Gasteiger partial charge is 0.437 e. The monoisotopic (exact) mass is 299 g/mol. The summed E-state index contributed by atoms with van der Waals surface area (Å²) in [5.41, 5.74) is 4.51. The minimum Gasteiger partial charge on any atom is -0.489 e. The van der Waals surface area contributed by atoms with Gasteiger partial charge in [-0.05, 0) is 25.0 Å². The molecule has 0 aliphatic heterocycles. The quantitative estimate of drug-likeness (QED) is 0.897. The lowest BCUT2D eigenvalue weighted by molar-refractivity contribution is -0.142. The fraction of sp³-hybridized carbons (Fsp3) is 0.417. The fourth-order valence-corrected chi connectivity index (χ4v) is 1.76. The summed E-state index contributed by atoms with van der Waals surface area (Å²) in [7, 11) is 0. The van der Waals surface area contributed by atoms with Crippen molar-refractivity contribution in [1.82, 2.24) is 20.4 Å². The maximum absolute atomic E-state index is 13.1. The average molecular weight is 299 g/mol. The molecule has 2 aromatic heterocycles. The van der Waals surface area contributed by atoms with E-state index in [2.05, 4.69) is 20.4 Å². The third kappa shape index (κ3) is 2.97. The van der Waals surface area contributed by atoms with Crippen LogP contribution in [0.1, 0.15) is 18.5 Å². The normalized spacial score (nSPS) is 16.8. The average Bonchev–Trinajstić information content (AvgIpc) is 2.94. The van der Waals surface area contributed by atoms with Crippen molar-refractivity contribution in [3.8, 4) is 17.1 Å². The predicted molar refractivity (Wildman–Crippen MR) is 66.3 cm³/mol. The molecule has 0 unspecified atom stereocenters. The van der Waals surface area contributed by atoms with Gasteiger partial charge in [0.05, 0.1) is 17.4 Å². The van der Waals surface area contributed by atoms with Crippen LogP contribution >= 0.6 is 0 Å². The second-order valence-corrected chi connectivity index (χ2v) is 5.05. The van der Waals surface area contributed by atoms with Crippen LogP contribution in [0.25, 0.3) is 11.4 Å². The van der Waals surface area contributed by atoms with Gasteiger partial charge in [0.15, 0.2) is 5.69 Å². The molecule has 1 fully saturated rings. The highest BCUT2D eigenvalue weighted by Gasteiger charge is 2.41. The van der Waals surface area contributed by atoms with E-state index in [4.69, 9.17) is 10.5 Å². The number of nitrogens with one attached hydrogen (secondary N) is 1. The van der Waals surface area contributed by atoms with E-state index in [0.717, 1.165) is 12.8 Å². The Morgan fingerprint density at radius 3 is 2.62 bits per heavy atom. The van der Waals surface area contributed by atoms with E-state index in [0.29, 0.717) is 0 Å². The SMILES string of the molecule is NC1(COc2ccc(-c3cn[nH]n3)nc2C(F)(F)F)CC1. The zero-order chi connectivity index (χ0) is 15.1. The molecule has 1 saturated carbocycles. The van der Waals surface area contributed by atoms with E-state index in [1.54, 1.807) is 0 Å². The Morgan fingerprint density at radius 1 is 1.29 bits per heavy atom. The molecule has 0 amide bonds. The number of aromatic amines is 1. The molecule has 9 heteroatoms. The summed E-state index contributed by atoms with van der Waals surface area (Å²) < 4.78 is 44.5. The molecule has 0 radical (unpaired) electrons. The van der Waals surface area contributed by atoms with Crippen LogP contribution in [-0.4, -0.2) is 32.5 Å². The van der Waals surface area contributed by atoms with Gasteiger partial charge in [-0.25, -0.2) is 4.98 Å². The van der Waals surface area contributed by atoms with Crippen LogP contribution in [0.15, 0.2) is 18.3 Å². The number of pyridine rings is 1. The van der Waals surface area contributed by atoms with Gasteiger partial charge in [-0.15, -0.1) is 0 Å². The van der Waals surface area contributed by atoms with Crippen LogP contribution in [0.5, 0.6) is 5.75 Å². The summed E-state index contributed by atoms with van der Waals surface area (Å²) in [6.07, 6.45) is -1.83. The van der Waals surface area contributed by atoms with Gasteiger partial charge < -0.3 is 10.5 Å². The van der Waals surface area contributed by atoms with Gasteiger partial charge in [0.25, 0.3) is 0 Å². The number of hydrogen-bond donors (Lipinski definition) is 2.